The van der Waals surface area contributed by atoms with Gasteiger partial charge in [0.05, 0.1) is 4.90 Å². The van der Waals surface area contributed by atoms with Gasteiger partial charge >= 0.3 is 37.7 Å². The molecule has 3 rings (SSSR count). The van der Waals surface area contributed by atoms with E-state index in [1.54, 1.807) is 0 Å². The number of rotatable bonds is 4. The Hall–Kier alpha value is -1.91. The van der Waals surface area contributed by atoms with Crippen molar-refractivity contribution < 1.29 is 47.0 Å². The first kappa shape index (κ1) is 29.3. The lowest BCUT2D eigenvalue weighted by Gasteiger charge is -2.18. The van der Waals surface area contributed by atoms with Crippen molar-refractivity contribution in [3.8, 4) is 0 Å². The van der Waals surface area contributed by atoms with Gasteiger partial charge in [0.2, 0.25) is 0 Å². The minimum atomic E-state index is -5.20. The van der Waals surface area contributed by atoms with Crippen LogP contribution in [0.2, 0.25) is 0 Å². The van der Waals surface area contributed by atoms with E-state index in [2.05, 4.69) is 94.3 Å². The summed E-state index contributed by atoms with van der Waals surface area (Å²) in [5.41, 5.74) is 3.31. The zero-order valence-corrected chi connectivity index (χ0v) is 23.6. The average molecular weight is 620 g/mol. The van der Waals surface area contributed by atoms with Gasteiger partial charge in [-0.05, 0) is 58.4 Å². The zero-order chi connectivity index (χ0) is 26.5. The van der Waals surface area contributed by atoms with Crippen LogP contribution in [-0.4, -0.2) is 14.8 Å². The molecule has 0 aliphatic heterocycles. The summed E-state index contributed by atoms with van der Waals surface area (Å²) in [4.78, 5) is -0.530. The fourth-order valence-electron chi connectivity index (χ4n) is 2.91. The number of alkyl halides is 3. The van der Waals surface area contributed by atoms with Gasteiger partial charge in [0.15, 0.2) is 7.14 Å². The van der Waals surface area contributed by atoms with Crippen LogP contribution in [0.4, 0.5) is 13.2 Å². The van der Waals surface area contributed by atoms with Crippen LogP contribution in [0, 0.1) is 7.14 Å². The maximum absolute atomic E-state index is 11.6. The lowest BCUT2D eigenvalue weighted by atomic mass is 9.87. The molecule has 0 N–H and O–H groups in total. The van der Waals surface area contributed by atoms with Gasteiger partial charge in [-0.2, -0.15) is 12.6 Å². The van der Waals surface area contributed by atoms with Crippen molar-refractivity contribution in [2.75, 3.05) is 0 Å². The molecule has 0 bridgehead atoms. The Morgan fingerprint density at radius 1 is 0.629 bits per heavy atom. The molecule has 3 aromatic rings. The molecule has 0 aliphatic carbocycles. The van der Waals surface area contributed by atoms with E-state index in [0.29, 0.717) is 0 Å². The van der Waals surface area contributed by atoms with Gasteiger partial charge in [-0.3, -0.25) is 0 Å². The van der Waals surface area contributed by atoms with E-state index in [1.807, 2.05) is 0 Å². The molecule has 8 heteroatoms. The first-order chi connectivity index (χ1) is 16.0. The molecule has 0 heterocycles. The molecular formula is C27H31F3IO3S+. The van der Waals surface area contributed by atoms with Crippen LogP contribution in [-0.2, 0) is 25.1 Å². The maximum atomic E-state index is 11.6. The summed E-state index contributed by atoms with van der Waals surface area (Å²) < 4.78 is 62.7. The van der Waals surface area contributed by atoms with Crippen molar-refractivity contribution >= 4 is 10.1 Å². The molecule has 0 amide bonds. The average Bonchev–Trinajstić information content (AvgIpc) is 2.73. The molecule has 0 aliphatic rings. The molecule has 3 nitrogen and oxygen atoms in total. The Labute approximate surface area is 217 Å². The number of benzene rings is 3. The number of hydrogen-bond donors (Lipinski definition) is 0. The second-order valence-electron chi connectivity index (χ2n) is 9.90. The van der Waals surface area contributed by atoms with E-state index in [1.165, 1.54) is 36.5 Å². The van der Waals surface area contributed by atoms with Gasteiger partial charge in [0.25, 0.3) is 0 Å². The zero-order valence-electron chi connectivity index (χ0n) is 20.7. The molecule has 0 atom stereocenters. The lowest BCUT2D eigenvalue weighted by Crippen LogP contribution is -3.61. The quantitative estimate of drug-likeness (QED) is 0.323. The number of halogens is 4. The Bertz CT molecular complexity index is 1120. The first-order valence-corrected chi connectivity index (χ1v) is 14.5. The second-order valence-corrected chi connectivity index (χ2v) is 14.5. The van der Waals surface area contributed by atoms with Crippen molar-refractivity contribution in [2.24, 2.45) is 0 Å². The molecule has 190 valence electrons. The van der Waals surface area contributed by atoms with Gasteiger partial charge in [-0.1, -0.05) is 84.0 Å². The van der Waals surface area contributed by atoms with Crippen LogP contribution in [0.1, 0.15) is 52.7 Å². The van der Waals surface area contributed by atoms with E-state index in [0.717, 1.165) is 12.1 Å². The van der Waals surface area contributed by atoms with E-state index in [-0.39, 0.29) is 32.0 Å². The molecule has 0 unspecified atom stereocenters. The van der Waals surface area contributed by atoms with Crippen LogP contribution in [0.25, 0.3) is 0 Å². The topological polar surface area (TPSA) is 43.4 Å². The normalized spacial score (nSPS) is 12.6. The standard InChI is InChI=1S/C20H26I.C7H5F3O3S/c1-19(2,3)15-7-11-17(12-8-15)21-18-13-9-16(10-14-18)20(4,5)6;8-7(9,10)13-14(11,12)6-4-2-1-3-5-6/h7-14H,1-6H3;1-5H/q+1;. The van der Waals surface area contributed by atoms with Crippen molar-refractivity contribution in [1.82, 2.24) is 0 Å². The molecular weight excluding hydrogens is 588 g/mol. The van der Waals surface area contributed by atoms with Crippen LogP contribution in [0.3, 0.4) is 0 Å². The van der Waals surface area contributed by atoms with Gasteiger partial charge in [-0.15, -0.1) is 13.2 Å². The Morgan fingerprint density at radius 3 is 1.31 bits per heavy atom. The Morgan fingerprint density at radius 2 is 1.00 bits per heavy atom. The maximum Gasteiger partial charge on any atom is 0.537 e. The highest BCUT2D eigenvalue weighted by Crippen LogP contribution is 2.24. The predicted molar refractivity (Wildman–Crippen MR) is 128 cm³/mol. The molecule has 3 aromatic carbocycles. The molecule has 0 spiro atoms. The van der Waals surface area contributed by atoms with Crippen LogP contribution < -0.4 is 21.2 Å². The van der Waals surface area contributed by atoms with Crippen molar-refractivity contribution in [2.45, 2.75) is 63.6 Å². The third kappa shape index (κ3) is 9.93. The SMILES string of the molecule is CC(C)(C)c1ccc([I+]c2ccc(C(C)(C)C)cc2)cc1.O=S(=O)(OC(F)(F)F)c1ccccc1. The number of hydrogen-bond acceptors (Lipinski definition) is 3. The molecule has 0 aromatic heterocycles. The fourth-order valence-corrected chi connectivity index (χ4v) is 5.90. The fraction of sp³-hybridized carbons (Fsp3) is 0.333. The van der Waals surface area contributed by atoms with Gasteiger partial charge in [0.1, 0.15) is 0 Å². The van der Waals surface area contributed by atoms with Crippen molar-refractivity contribution in [3.05, 3.63) is 97.1 Å². The molecule has 0 saturated carbocycles. The van der Waals surface area contributed by atoms with E-state index in [9.17, 15) is 21.6 Å². The summed E-state index contributed by atoms with van der Waals surface area (Å²) in [7, 11) is -4.74. The lowest BCUT2D eigenvalue weighted by molar-refractivity contribution is -0.597. The molecule has 0 radical (unpaired) electrons. The third-order valence-electron chi connectivity index (χ3n) is 4.87. The molecule has 0 fully saturated rings. The molecule has 35 heavy (non-hydrogen) atoms. The van der Waals surface area contributed by atoms with Crippen LogP contribution in [0.15, 0.2) is 83.8 Å². The Balaban J connectivity index is 0.000000269. The smallest absolute Gasteiger partial charge is 0.194 e. The highest BCUT2D eigenvalue weighted by molar-refractivity contribution is 7.86. The monoisotopic (exact) mass is 619 g/mol. The Kier molecular flexibility index (Phi) is 9.58. The summed E-state index contributed by atoms with van der Waals surface area (Å²) in [5.74, 6) is 0. The minimum absolute atomic E-state index is 0.0703. The van der Waals surface area contributed by atoms with Crippen LogP contribution in [0.5, 0.6) is 0 Å². The third-order valence-corrected chi connectivity index (χ3v) is 8.82. The van der Waals surface area contributed by atoms with Gasteiger partial charge in [-0.25, -0.2) is 0 Å². The highest BCUT2D eigenvalue weighted by atomic mass is 127. The summed E-state index contributed by atoms with van der Waals surface area (Å²) in [6, 6.07) is 24.5. The highest BCUT2D eigenvalue weighted by Gasteiger charge is 2.37. The van der Waals surface area contributed by atoms with Crippen LogP contribution >= 0.6 is 0 Å². The summed E-state index contributed by atoms with van der Waals surface area (Å²) in [5, 5.41) is 0. The summed E-state index contributed by atoms with van der Waals surface area (Å²) in [6.45, 7) is 13.6. The van der Waals surface area contributed by atoms with E-state index < -0.39 is 21.4 Å². The predicted octanol–water partition coefficient (Wildman–Crippen LogP) is 4.32. The van der Waals surface area contributed by atoms with Gasteiger partial charge in [0, 0.05) is 0 Å². The minimum Gasteiger partial charge on any atom is -0.194 e. The largest absolute Gasteiger partial charge is 0.537 e. The summed E-state index contributed by atoms with van der Waals surface area (Å²) in [6.07, 6.45) is -5.20. The first-order valence-electron chi connectivity index (χ1n) is 10.9. The van der Waals surface area contributed by atoms with Crippen molar-refractivity contribution in [1.29, 1.82) is 0 Å². The second kappa shape index (κ2) is 11.4. The van der Waals surface area contributed by atoms with Crippen molar-refractivity contribution in [3.63, 3.8) is 0 Å². The van der Waals surface area contributed by atoms with E-state index in [4.69, 9.17) is 0 Å². The van der Waals surface area contributed by atoms with Gasteiger partial charge < -0.3 is 0 Å². The molecule has 0 saturated heterocycles. The van der Waals surface area contributed by atoms with E-state index >= 15 is 0 Å². The summed E-state index contributed by atoms with van der Waals surface area (Å²) >= 11 is -0.0703.